The Morgan fingerprint density at radius 1 is 1.50 bits per heavy atom. The molecule has 1 aliphatic heterocycles. The fourth-order valence-corrected chi connectivity index (χ4v) is 1.94. The van der Waals surface area contributed by atoms with Gasteiger partial charge in [-0.25, -0.2) is 0 Å². The molecule has 0 saturated carbocycles. The van der Waals surface area contributed by atoms with Crippen LogP contribution >= 0.6 is 11.9 Å². The number of ketones is 1. The number of hydrogen-bond acceptors (Lipinski definition) is 3. The van der Waals surface area contributed by atoms with Gasteiger partial charge in [-0.3, -0.25) is 4.79 Å². The Balaban J connectivity index is 2.38. The average molecular weight is 153 g/mol. The fourth-order valence-electron chi connectivity index (χ4n) is 1.17. The van der Waals surface area contributed by atoms with Crippen molar-refractivity contribution in [3.05, 3.63) is 22.8 Å². The summed E-state index contributed by atoms with van der Waals surface area (Å²) < 4.78 is 3.00. The van der Waals surface area contributed by atoms with E-state index in [0.29, 0.717) is 12.2 Å². The molecule has 0 amide bonds. The van der Waals surface area contributed by atoms with Gasteiger partial charge in [0.15, 0.2) is 5.78 Å². The number of Topliss-reactive ketones (excluding diaryl/α,β-unsaturated/α-hetero) is 1. The van der Waals surface area contributed by atoms with Crippen molar-refractivity contribution in [2.75, 3.05) is 0 Å². The number of rotatable bonds is 0. The third-order valence-corrected chi connectivity index (χ3v) is 2.60. The molecule has 0 unspecified atom stereocenters. The van der Waals surface area contributed by atoms with E-state index >= 15 is 0 Å². The lowest BCUT2D eigenvalue weighted by molar-refractivity contribution is -0.114. The first kappa shape index (κ1) is 6.04. The standard InChI is InChI=1S/C7H7NOS/c9-6-1-2-7-5(6)3-4-8-10-7/h3-4,8H,1-2H2. The van der Waals surface area contributed by atoms with E-state index in [1.165, 1.54) is 4.91 Å². The van der Waals surface area contributed by atoms with Crippen LogP contribution in [0.3, 0.4) is 0 Å². The predicted octanol–water partition coefficient (Wildman–Crippen LogP) is 1.37. The minimum Gasteiger partial charge on any atom is -0.333 e. The maximum Gasteiger partial charge on any atom is 0.164 e. The normalized spacial score (nSPS) is 23.0. The molecule has 2 nitrogen and oxygen atoms in total. The fraction of sp³-hybridized carbons (Fsp3) is 0.286. The molecule has 0 aromatic carbocycles. The predicted molar refractivity (Wildman–Crippen MR) is 41.1 cm³/mol. The van der Waals surface area contributed by atoms with Gasteiger partial charge in [0.2, 0.25) is 0 Å². The van der Waals surface area contributed by atoms with Gasteiger partial charge in [-0.1, -0.05) is 0 Å². The number of hydrogen-bond donors (Lipinski definition) is 1. The molecule has 2 rings (SSSR count). The van der Waals surface area contributed by atoms with Crippen LogP contribution < -0.4 is 4.72 Å². The van der Waals surface area contributed by atoms with Crippen LogP contribution in [0.15, 0.2) is 22.8 Å². The minimum absolute atomic E-state index is 0.292. The lowest BCUT2D eigenvalue weighted by atomic mass is 10.2. The molecule has 0 radical (unpaired) electrons. The lowest BCUT2D eigenvalue weighted by Crippen LogP contribution is -2.00. The van der Waals surface area contributed by atoms with Crippen LogP contribution in [0.2, 0.25) is 0 Å². The van der Waals surface area contributed by atoms with Gasteiger partial charge in [0, 0.05) is 23.1 Å². The van der Waals surface area contributed by atoms with Crippen LogP contribution in [0, 0.1) is 0 Å². The number of nitrogens with one attached hydrogen (secondary N) is 1. The highest BCUT2D eigenvalue weighted by Gasteiger charge is 2.22. The van der Waals surface area contributed by atoms with Crippen molar-refractivity contribution in [1.82, 2.24) is 4.72 Å². The molecule has 0 aromatic heterocycles. The largest absolute Gasteiger partial charge is 0.333 e. The van der Waals surface area contributed by atoms with E-state index < -0.39 is 0 Å². The van der Waals surface area contributed by atoms with Gasteiger partial charge < -0.3 is 4.72 Å². The molecule has 1 N–H and O–H groups in total. The van der Waals surface area contributed by atoms with Gasteiger partial charge in [0.05, 0.1) is 0 Å². The Bertz CT molecular complexity index is 238. The zero-order valence-electron chi connectivity index (χ0n) is 5.39. The van der Waals surface area contributed by atoms with E-state index in [1.54, 1.807) is 11.9 Å². The highest BCUT2D eigenvalue weighted by Crippen LogP contribution is 2.33. The first-order valence-corrected chi connectivity index (χ1v) is 4.05. The van der Waals surface area contributed by atoms with Crippen LogP contribution in [-0.2, 0) is 4.79 Å². The van der Waals surface area contributed by atoms with Crippen molar-refractivity contribution in [1.29, 1.82) is 0 Å². The van der Waals surface area contributed by atoms with Crippen LogP contribution in [-0.4, -0.2) is 5.78 Å². The van der Waals surface area contributed by atoms with Gasteiger partial charge >= 0.3 is 0 Å². The molecule has 2 aliphatic rings. The van der Waals surface area contributed by atoms with Gasteiger partial charge in [-0.15, -0.1) is 0 Å². The molecule has 0 saturated heterocycles. The summed E-state index contributed by atoms with van der Waals surface area (Å²) in [5.41, 5.74) is 0.920. The zero-order valence-corrected chi connectivity index (χ0v) is 6.20. The zero-order chi connectivity index (χ0) is 6.97. The molecule has 1 aliphatic carbocycles. The van der Waals surface area contributed by atoms with E-state index in [9.17, 15) is 4.79 Å². The lowest BCUT2D eigenvalue weighted by Gasteiger charge is -2.06. The van der Waals surface area contributed by atoms with E-state index in [4.69, 9.17) is 0 Å². The molecule has 0 fully saturated rings. The van der Waals surface area contributed by atoms with Crippen molar-refractivity contribution in [3.8, 4) is 0 Å². The smallest absolute Gasteiger partial charge is 0.164 e. The van der Waals surface area contributed by atoms with Gasteiger partial charge in [-0.2, -0.15) is 0 Å². The summed E-state index contributed by atoms with van der Waals surface area (Å²) in [6, 6.07) is 0. The molecule has 0 atom stereocenters. The number of allylic oxidation sites excluding steroid dienone is 3. The topological polar surface area (TPSA) is 29.1 Å². The quantitative estimate of drug-likeness (QED) is 0.533. The summed E-state index contributed by atoms with van der Waals surface area (Å²) in [4.78, 5) is 12.3. The first-order valence-electron chi connectivity index (χ1n) is 3.23. The van der Waals surface area contributed by atoms with Crippen molar-refractivity contribution in [3.63, 3.8) is 0 Å². The van der Waals surface area contributed by atoms with Crippen molar-refractivity contribution in [2.24, 2.45) is 0 Å². The SMILES string of the molecule is O=C1CCC2=C1C=CNS2. The summed E-state index contributed by atoms with van der Waals surface area (Å²) in [7, 11) is 0. The first-order chi connectivity index (χ1) is 4.88. The Kier molecular flexibility index (Phi) is 1.31. The molecule has 1 heterocycles. The maximum atomic E-state index is 11.1. The van der Waals surface area contributed by atoms with Gasteiger partial charge in [0.1, 0.15) is 0 Å². The van der Waals surface area contributed by atoms with Gasteiger partial charge in [-0.05, 0) is 24.4 Å². The second-order valence-corrected chi connectivity index (χ2v) is 3.25. The van der Waals surface area contributed by atoms with E-state index in [-0.39, 0.29) is 0 Å². The van der Waals surface area contributed by atoms with Crippen molar-refractivity contribution < 1.29 is 4.79 Å². The molecule has 52 valence electrons. The maximum absolute atomic E-state index is 11.1. The van der Waals surface area contributed by atoms with E-state index in [2.05, 4.69) is 4.72 Å². The Morgan fingerprint density at radius 3 is 3.20 bits per heavy atom. The second-order valence-electron chi connectivity index (χ2n) is 2.31. The summed E-state index contributed by atoms with van der Waals surface area (Å²) in [6.07, 6.45) is 5.30. The molecule has 10 heavy (non-hydrogen) atoms. The molecule has 3 heteroatoms. The summed E-state index contributed by atoms with van der Waals surface area (Å²) in [5.74, 6) is 0.292. The number of carbonyl (C=O) groups is 1. The highest BCUT2D eigenvalue weighted by atomic mass is 32.2. The van der Waals surface area contributed by atoms with Crippen LogP contribution in [0.5, 0.6) is 0 Å². The molecule has 0 spiro atoms. The highest BCUT2D eigenvalue weighted by molar-refractivity contribution is 8.01. The monoisotopic (exact) mass is 153 g/mol. The molecular formula is C7H7NOS. The van der Waals surface area contributed by atoms with E-state index in [0.717, 1.165) is 12.0 Å². The summed E-state index contributed by atoms with van der Waals surface area (Å²) >= 11 is 1.56. The Hall–Kier alpha value is -0.700. The van der Waals surface area contributed by atoms with E-state index in [1.807, 2.05) is 12.3 Å². The second kappa shape index (κ2) is 2.16. The average Bonchev–Trinajstić information content (AvgIpc) is 2.34. The van der Waals surface area contributed by atoms with Crippen LogP contribution in [0.25, 0.3) is 0 Å². The summed E-state index contributed by atoms with van der Waals surface area (Å²) in [5, 5.41) is 0. The van der Waals surface area contributed by atoms with Crippen molar-refractivity contribution in [2.45, 2.75) is 12.8 Å². The third kappa shape index (κ3) is 0.778. The molecule has 0 aromatic rings. The Labute approximate surface area is 63.5 Å². The summed E-state index contributed by atoms with van der Waals surface area (Å²) in [6.45, 7) is 0. The number of carbonyl (C=O) groups excluding carboxylic acids is 1. The van der Waals surface area contributed by atoms with Crippen molar-refractivity contribution >= 4 is 17.7 Å². The molecular weight excluding hydrogens is 146 g/mol. The van der Waals surface area contributed by atoms with Gasteiger partial charge in [0.25, 0.3) is 0 Å². The Morgan fingerprint density at radius 2 is 2.40 bits per heavy atom. The van der Waals surface area contributed by atoms with Crippen LogP contribution in [0.4, 0.5) is 0 Å². The minimum atomic E-state index is 0.292. The molecule has 0 bridgehead atoms. The van der Waals surface area contributed by atoms with Crippen LogP contribution in [0.1, 0.15) is 12.8 Å². The third-order valence-electron chi connectivity index (χ3n) is 1.68.